The van der Waals surface area contributed by atoms with Gasteiger partial charge in [-0.05, 0) is 37.8 Å². The Bertz CT molecular complexity index is 497. The highest BCUT2D eigenvalue weighted by molar-refractivity contribution is 5.69. The van der Waals surface area contributed by atoms with Gasteiger partial charge >= 0.3 is 12.1 Å². The summed E-state index contributed by atoms with van der Waals surface area (Å²) in [4.78, 5) is 11.0. The van der Waals surface area contributed by atoms with E-state index in [4.69, 9.17) is 4.74 Å². The normalized spacial score (nSPS) is 11.5. The van der Waals surface area contributed by atoms with Crippen LogP contribution >= 0.6 is 0 Å². The number of benzene rings is 1. The molecule has 7 heteroatoms. The number of esters is 1. The standard InChI is InChI=1S/C14H15F5O2/c1-2-21-11(20)6-4-3-5-9-7-8-10(14(17,18)19)13(16)12(9)15/h7-8H,2-6H2,1H3. The van der Waals surface area contributed by atoms with Gasteiger partial charge in [0.15, 0.2) is 11.6 Å². The number of hydrogen-bond donors (Lipinski definition) is 0. The quantitative estimate of drug-likeness (QED) is 0.446. The first-order valence-electron chi connectivity index (χ1n) is 6.47. The number of carbonyl (C=O) groups is 1. The molecular formula is C14H15F5O2. The summed E-state index contributed by atoms with van der Waals surface area (Å²) < 4.78 is 68.7. The molecule has 0 heterocycles. The minimum absolute atomic E-state index is 0.0558. The zero-order valence-electron chi connectivity index (χ0n) is 11.4. The van der Waals surface area contributed by atoms with Crippen molar-refractivity contribution in [2.45, 2.75) is 38.8 Å². The predicted octanol–water partition coefficient (Wildman–Crippen LogP) is 4.26. The maximum atomic E-state index is 13.5. The Balaban J connectivity index is 2.62. The van der Waals surface area contributed by atoms with Gasteiger partial charge in [0.25, 0.3) is 0 Å². The second kappa shape index (κ2) is 7.38. The predicted molar refractivity (Wildman–Crippen MR) is 65.5 cm³/mol. The third-order valence-electron chi connectivity index (χ3n) is 2.85. The van der Waals surface area contributed by atoms with E-state index in [1.54, 1.807) is 6.92 Å². The lowest BCUT2D eigenvalue weighted by molar-refractivity contribution is -0.143. The van der Waals surface area contributed by atoms with Crippen LogP contribution in [0.4, 0.5) is 22.0 Å². The van der Waals surface area contributed by atoms with Crippen LogP contribution < -0.4 is 0 Å². The SMILES string of the molecule is CCOC(=O)CCCCc1ccc(C(F)(F)F)c(F)c1F. The van der Waals surface area contributed by atoms with Crippen LogP contribution in [0.5, 0.6) is 0 Å². The van der Waals surface area contributed by atoms with E-state index in [0.29, 0.717) is 18.9 Å². The molecule has 0 aliphatic carbocycles. The van der Waals surface area contributed by atoms with Gasteiger partial charge in [-0.3, -0.25) is 4.79 Å². The van der Waals surface area contributed by atoms with Crippen LogP contribution in [0.1, 0.15) is 37.3 Å². The molecule has 0 aromatic heterocycles. The Morgan fingerprint density at radius 1 is 1.14 bits per heavy atom. The number of alkyl halides is 3. The van der Waals surface area contributed by atoms with Crippen molar-refractivity contribution in [3.8, 4) is 0 Å². The van der Waals surface area contributed by atoms with Crippen LogP contribution in [0.25, 0.3) is 0 Å². The molecule has 118 valence electrons. The van der Waals surface area contributed by atoms with E-state index in [2.05, 4.69) is 0 Å². The van der Waals surface area contributed by atoms with Gasteiger partial charge in [0, 0.05) is 6.42 Å². The molecule has 0 fully saturated rings. The van der Waals surface area contributed by atoms with Gasteiger partial charge in [0.2, 0.25) is 0 Å². The summed E-state index contributed by atoms with van der Waals surface area (Å²) in [6, 6.07) is 1.45. The highest BCUT2D eigenvalue weighted by atomic mass is 19.4. The molecule has 21 heavy (non-hydrogen) atoms. The van der Waals surface area contributed by atoms with Crippen molar-refractivity contribution in [1.29, 1.82) is 0 Å². The van der Waals surface area contributed by atoms with E-state index in [1.165, 1.54) is 0 Å². The molecule has 2 nitrogen and oxygen atoms in total. The monoisotopic (exact) mass is 310 g/mol. The molecule has 0 atom stereocenters. The summed E-state index contributed by atoms with van der Waals surface area (Å²) in [5.41, 5.74) is -1.75. The van der Waals surface area contributed by atoms with Crippen LogP contribution in [0.3, 0.4) is 0 Å². The summed E-state index contributed by atoms with van der Waals surface area (Å²) in [5.74, 6) is -3.76. The van der Waals surface area contributed by atoms with Crippen LogP contribution in [-0.4, -0.2) is 12.6 Å². The summed E-state index contributed by atoms with van der Waals surface area (Å²) in [5, 5.41) is 0. The Labute approximate surface area is 118 Å². The second-order valence-electron chi connectivity index (χ2n) is 4.41. The van der Waals surface area contributed by atoms with Crippen molar-refractivity contribution >= 4 is 5.97 Å². The van der Waals surface area contributed by atoms with Crippen molar-refractivity contribution in [1.82, 2.24) is 0 Å². The minimum Gasteiger partial charge on any atom is -0.466 e. The number of carbonyl (C=O) groups excluding carboxylic acids is 1. The average molecular weight is 310 g/mol. The Morgan fingerprint density at radius 2 is 1.81 bits per heavy atom. The molecular weight excluding hydrogens is 295 g/mol. The lowest BCUT2D eigenvalue weighted by Gasteiger charge is -2.11. The maximum absolute atomic E-state index is 13.5. The minimum atomic E-state index is -4.92. The number of aryl methyl sites for hydroxylation is 1. The largest absolute Gasteiger partial charge is 0.466 e. The molecule has 0 amide bonds. The maximum Gasteiger partial charge on any atom is 0.419 e. The lowest BCUT2D eigenvalue weighted by Crippen LogP contribution is -2.11. The molecule has 1 aromatic carbocycles. The van der Waals surface area contributed by atoms with Gasteiger partial charge in [-0.25, -0.2) is 8.78 Å². The van der Waals surface area contributed by atoms with E-state index in [9.17, 15) is 26.7 Å². The van der Waals surface area contributed by atoms with Crippen LogP contribution in [0.15, 0.2) is 12.1 Å². The van der Waals surface area contributed by atoms with Gasteiger partial charge in [-0.2, -0.15) is 13.2 Å². The smallest absolute Gasteiger partial charge is 0.419 e. The first-order chi connectivity index (χ1) is 9.77. The fraction of sp³-hybridized carbons (Fsp3) is 0.500. The highest BCUT2D eigenvalue weighted by Crippen LogP contribution is 2.33. The first kappa shape index (κ1) is 17.4. The Morgan fingerprint density at radius 3 is 2.38 bits per heavy atom. The van der Waals surface area contributed by atoms with Crippen molar-refractivity contribution in [3.05, 3.63) is 34.9 Å². The summed E-state index contributed by atoms with van der Waals surface area (Å²) in [6.45, 7) is 1.93. The van der Waals surface area contributed by atoms with Crippen LogP contribution in [-0.2, 0) is 22.1 Å². The van der Waals surface area contributed by atoms with E-state index < -0.39 is 29.3 Å². The lowest BCUT2D eigenvalue weighted by atomic mass is 10.0. The molecule has 0 aliphatic rings. The molecule has 0 N–H and O–H groups in total. The molecule has 0 radical (unpaired) electrons. The second-order valence-corrected chi connectivity index (χ2v) is 4.41. The van der Waals surface area contributed by atoms with Gasteiger partial charge in [0.1, 0.15) is 0 Å². The molecule has 0 saturated carbocycles. The van der Waals surface area contributed by atoms with E-state index in [-0.39, 0.29) is 25.0 Å². The third-order valence-corrected chi connectivity index (χ3v) is 2.85. The Hall–Kier alpha value is -1.66. The molecule has 0 saturated heterocycles. The topological polar surface area (TPSA) is 26.3 Å². The molecule has 1 rings (SSSR count). The molecule has 0 spiro atoms. The van der Waals surface area contributed by atoms with Gasteiger partial charge < -0.3 is 4.74 Å². The van der Waals surface area contributed by atoms with Crippen LogP contribution in [0, 0.1) is 11.6 Å². The van der Waals surface area contributed by atoms with Crippen molar-refractivity contribution in [2.24, 2.45) is 0 Å². The van der Waals surface area contributed by atoms with E-state index >= 15 is 0 Å². The highest BCUT2D eigenvalue weighted by Gasteiger charge is 2.35. The van der Waals surface area contributed by atoms with Crippen molar-refractivity contribution < 1.29 is 31.5 Å². The third kappa shape index (κ3) is 4.99. The van der Waals surface area contributed by atoms with Gasteiger partial charge in [-0.1, -0.05) is 6.07 Å². The van der Waals surface area contributed by atoms with Crippen LogP contribution in [0.2, 0.25) is 0 Å². The van der Waals surface area contributed by atoms with Gasteiger partial charge in [0.05, 0.1) is 12.2 Å². The average Bonchev–Trinajstić information content (AvgIpc) is 2.38. The number of halogens is 5. The molecule has 1 aromatic rings. The zero-order valence-corrected chi connectivity index (χ0v) is 11.4. The van der Waals surface area contributed by atoms with Gasteiger partial charge in [-0.15, -0.1) is 0 Å². The molecule has 0 aliphatic heterocycles. The number of hydrogen-bond acceptors (Lipinski definition) is 2. The van der Waals surface area contributed by atoms with Crippen molar-refractivity contribution in [2.75, 3.05) is 6.61 Å². The fourth-order valence-electron chi connectivity index (χ4n) is 1.82. The van der Waals surface area contributed by atoms with E-state index in [0.717, 1.165) is 6.07 Å². The molecule has 0 unspecified atom stereocenters. The number of rotatable bonds is 6. The van der Waals surface area contributed by atoms with E-state index in [1.807, 2.05) is 0 Å². The zero-order chi connectivity index (χ0) is 16.0. The Kier molecular flexibility index (Phi) is 6.11. The number of ether oxygens (including phenoxy) is 1. The summed E-state index contributed by atoms with van der Waals surface area (Å²) in [6.07, 6.45) is -3.99. The van der Waals surface area contributed by atoms with Crippen molar-refractivity contribution in [3.63, 3.8) is 0 Å². The molecule has 0 bridgehead atoms. The first-order valence-corrected chi connectivity index (χ1v) is 6.47. The summed E-state index contributed by atoms with van der Waals surface area (Å²) in [7, 11) is 0. The number of unbranched alkanes of at least 4 members (excludes halogenated alkanes) is 1. The fourth-order valence-corrected chi connectivity index (χ4v) is 1.82. The summed E-state index contributed by atoms with van der Waals surface area (Å²) >= 11 is 0.